The van der Waals surface area contributed by atoms with Gasteiger partial charge in [0.05, 0.1) is 11.1 Å². The third kappa shape index (κ3) is 3.19. The molecule has 1 aromatic carbocycles. The molecule has 2 N–H and O–H groups in total. The molecule has 0 spiro atoms. The van der Waals surface area contributed by atoms with Crippen LogP contribution in [0.1, 0.15) is 31.1 Å². The number of likely N-dealkylation sites (tertiary alicyclic amines) is 1. The molecule has 0 radical (unpaired) electrons. The van der Waals surface area contributed by atoms with E-state index in [1.165, 1.54) is 24.3 Å². The van der Waals surface area contributed by atoms with Crippen LogP contribution in [0, 0.1) is 11.7 Å². The summed E-state index contributed by atoms with van der Waals surface area (Å²) in [4.78, 5) is 29.4. The maximum atomic E-state index is 13.4. The van der Waals surface area contributed by atoms with Crippen molar-refractivity contribution in [2.45, 2.75) is 32.9 Å². The fourth-order valence-electron chi connectivity index (χ4n) is 3.28. The van der Waals surface area contributed by atoms with Crippen LogP contribution >= 0.6 is 0 Å². The number of hydrogen-bond acceptors (Lipinski definition) is 3. The summed E-state index contributed by atoms with van der Waals surface area (Å²) in [6.45, 7) is 8.11. The summed E-state index contributed by atoms with van der Waals surface area (Å²) in [7, 11) is 0. The molecule has 24 heavy (non-hydrogen) atoms. The lowest BCUT2D eigenvalue weighted by molar-refractivity contribution is 0.0932. The summed E-state index contributed by atoms with van der Waals surface area (Å²) in [5, 5.41) is 3.58. The minimum atomic E-state index is -0.451. The van der Waals surface area contributed by atoms with Crippen LogP contribution in [-0.2, 0) is 0 Å². The molecule has 1 fully saturated rings. The molecule has 2 atom stereocenters. The van der Waals surface area contributed by atoms with Crippen molar-refractivity contribution in [3.63, 3.8) is 0 Å². The molecule has 1 saturated heterocycles. The third-order valence-corrected chi connectivity index (χ3v) is 4.74. The van der Waals surface area contributed by atoms with Gasteiger partial charge in [-0.1, -0.05) is 6.92 Å². The minimum Gasteiger partial charge on any atom is -0.348 e. The first-order chi connectivity index (χ1) is 11.3. The van der Waals surface area contributed by atoms with Gasteiger partial charge in [-0.2, -0.15) is 0 Å². The van der Waals surface area contributed by atoms with E-state index in [-0.39, 0.29) is 17.5 Å². The molecule has 0 aliphatic carbocycles. The summed E-state index contributed by atoms with van der Waals surface area (Å²) in [6, 6.07) is 5.78. The first kappa shape index (κ1) is 16.6. The van der Waals surface area contributed by atoms with E-state index in [9.17, 15) is 14.0 Å². The summed E-state index contributed by atoms with van der Waals surface area (Å²) >= 11 is 0. The van der Waals surface area contributed by atoms with E-state index in [0.717, 1.165) is 13.1 Å². The Morgan fingerprint density at radius 3 is 2.75 bits per heavy atom. The van der Waals surface area contributed by atoms with Gasteiger partial charge in [-0.05, 0) is 38.0 Å². The summed E-state index contributed by atoms with van der Waals surface area (Å²) in [5.74, 6) is -0.407. The van der Waals surface area contributed by atoms with Gasteiger partial charge in [0.1, 0.15) is 5.82 Å². The number of nitrogens with one attached hydrogen (secondary N) is 2. The molecule has 5 nitrogen and oxygen atoms in total. The van der Waals surface area contributed by atoms with E-state index >= 15 is 0 Å². The molecule has 6 heteroatoms. The highest BCUT2D eigenvalue weighted by atomic mass is 19.1. The number of halogens is 1. The van der Waals surface area contributed by atoms with E-state index in [2.05, 4.69) is 36.0 Å². The molecule has 128 valence electrons. The van der Waals surface area contributed by atoms with Crippen LogP contribution in [0.4, 0.5) is 4.39 Å². The highest BCUT2D eigenvalue weighted by Gasteiger charge is 2.32. The number of amides is 1. The lowest BCUT2D eigenvalue weighted by Gasteiger charge is -2.20. The topological polar surface area (TPSA) is 65.2 Å². The van der Waals surface area contributed by atoms with Gasteiger partial charge in [-0.25, -0.2) is 4.39 Å². The molecular weight excluding hydrogens is 309 g/mol. The Kier molecular flexibility index (Phi) is 4.41. The fraction of sp³-hybridized carbons (Fsp3) is 0.444. The van der Waals surface area contributed by atoms with Crippen molar-refractivity contribution >= 4 is 16.8 Å². The van der Waals surface area contributed by atoms with E-state index in [1.807, 2.05) is 0 Å². The number of aromatic nitrogens is 1. The molecule has 1 aromatic heterocycles. The van der Waals surface area contributed by atoms with Crippen molar-refractivity contribution in [1.29, 1.82) is 0 Å². The van der Waals surface area contributed by atoms with Crippen LogP contribution in [-0.4, -0.2) is 41.0 Å². The van der Waals surface area contributed by atoms with E-state index in [1.54, 1.807) is 0 Å². The van der Waals surface area contributed by atoms with Crippen molar-refractivity contribution in [3.05, 3.63) is 46.0 Å². The van der Waals surface area contributed by atoms with Crippen LogP contribution in [0.5, 0.6) is 0 Å². The van der Waals surface area contributed by atoms with Gasteiger partial charge in [0, 0.05) is 36.6 Å². The molecule has 0 saturated carbocycles. The van der Waals surface area contributed by atoms with Crippen LogP contribution in [0.25, 0.3) is 10.9 Å². The predicted octanol–water partition coefficient (Wildman–Crippen LogP) is 2.13. The van der Waals surface area contributed by atoms with Gasteiger partial charge in [0.25, 0.3) is 5.91 Å². The average molecular weight is 331 g/mol. The number of aromatic amines is 1. The summed E-state index contributed by atoms with van der Waals surface area (Å²) in [6.07, 6.45) is 0. The van der Waals surface area contributed by atoms with E-state index in [4.69, 9.17) is 0 Å². The Morgan fingerprint density at radius 1 is 1.33 bits per heavy atom. The largest absolute Gasteiger partial charge is 0.348 e. The Hall–Kier alpha value is -2.21. The second-order valence-corrected chi connectivity index (χ2v) is 6.84. The molecule has 2 heterocycles. The predicted molar refractivity (Wildman–Crippen MR) is 91.7 cm³/mol. The quantitative estimate of drug-likeness (QED) is 0.905. The number of nitrogens with zero attached hydrogens (tertiary/aromatic N) is 1. The first-order valence-corrected chi connectivity index (χ1v) is 8.22. The Morgan fingerprint density at radius 2 is 2.08 bits per heavy atom. The van der Waals surface area contributed by atoms with Gasteiger partial charge < -0.3 is 10.3 Å². The number of H-pyrrole nitrogens is 1. The molecule has 2 aromatic rings. The van der Waals surface area contributed by atoms with E-state index in [0.29, 0.717) is 22.9 Å². The Labute approximate surface area is 139 Å². The second kappa shape index (κ2) is 6.36. The number of carbonyl (C=O) groups excluding carboxylic acids is 1. The zero-order valence-electron chi connectivity index (χ0n) is 14.1. The summed E-state index contributed by atoms with van der Waals surface area (Å²) in [5.41, 5.74) is 0.196. The molecular formula is C18H22FN3O2. The maximum absolute atomic E-state index is 13.4. The van der Waals surface area contributed by atoms with Crippen LogP contribution in [0.15, 0.2) is 29.1 Å². The smallest absolute Gasteiger partial charge is 0.252 e. The molecule has 1 amide bonds. The third-order valence-electron chi connectivity index (χ3n) is 4.74. The van der Waals surface area contributed by atoms with Crippen molar-refractivity contribution < 1.29 is 9.18 Å². The normalized spacial score (nSPS) is 21.5. The van der Waals surface area contributed by atoms with Crippen molar-refractivity contribution in [2.24, 2.45) is 5.92 Å². The van der Waals surface area contributed by atoms with Crippen molar-refractivity contribution in [1.82, 2.24) is 15.2 Å². The highest BCUT2D eigenvalue weighted by molar-refractivity contribution is 6.06. The summed E-state index contributed by atoms with van der Waals surface area (Å²) < 4.78 is 13.4. The zero-order chi connectivity index (χ0) is 17.4. The van der Waals surface area contributed by atoms with Gasteiger partial charge >= 0.3 is 0 Å². The molecule has 3 rings (SSSR count). The Bertz CT molecular complexity index is 831. The lowest BCUT2D eigenvalue weighted by atomic mass is 10.0. The maximum Gasteiger partial charge on any atom is 0.252 e. The van der Waals surface area contributed by atoms with Crippen molar-refractivity contribution in [3.8, 4) is 0 Å². The number of rotatable bonds is 3. The minimum absolute atomic E-state index is 0.0367. The zero-order valence-corrected chi connectivity index (χ0v) is 14.1. The lowest BCUT2D eigenvalue weighted by Crippen LogP contribution is -2.40. The number of hydrogen-bond donors (Lipinski definition) is 2. The monoisotopic (exact) mass is 331 g/mol. The fourth-order valence-corrected chi connectivity index (χ4v) is 3.28. The molecule has 0 bridgehead atoms. The number of pyridine rings is 1. The average Bonchev–Trinajstić information content (AvgIpc) is 2.87. The number of carbonyl (C=O) groups is 1. The number of benzene rings is 1. The number of fused-ring (bicyclic) bond motifs is 1. The van der Waals surface area contributed by atoms with Gasteiger partial charge in [-0.15, -0.1) is 0 Å². The van der Waals surface area contributed by atoms with Crippen LogP contribution in [0.3, 0.4) is 0 Å². The molecule has 1 aliphatic rings. The molecule has 1 aliphatic heterocycles. The second-order valence-electron chi connectivity index (χ2n) is 6.84. The van der Waals surface area contributed by atoms with Crippen LogP contribution < -0.4 is 10.9 Å². The first-order valence-electron chi connectivity index (χ1n) is 8.22. The van der Waals surface area contributed by atoms with E-state index < -0.39 is 11.4 Å². The van der Waals surface area contributed by atoms with Gasteiger partial charge in [0.2, 0.25) is 5.56 Å². The highest BCUT2D eigenvalue weighted by Crippen LogP contribution is 2.21. The SMILES string of the molecule is CC1CN(C(C)C)CC1NC(=O)c1cc(=O)[nH]c2cc(F)ccc12. The van der Waals surface area contributed by atoms with Crippen molar-refractivity contribution in [2.75, 3.05) is 13.1 Å². The Balaban J connectivity index is 1.88. The molecule has 2 unspecified atom stereocenters. The van der Waals surface area contributed by atoms with Gasteiger partial charge in [0.15, 0.2) is 0 Å². The van der Waals surface area contributed by atoms with Gasteiger partial charge in [-0.3, -0.25) is 14.5 Å². The standard InChI is InChI=1S/C18H22FN3O2/c1-10(2)22-8-11(3)16(9-22)21-18(24)14-7-17(23)20-15-6-12(19)4-5-13(14)15/h4-7,10-11,16H,8-9H2,1-3H3,(H,20,23)(H,21,24). The van der Waals surface area contributed by atoms with Crippen LogP contribution in [0.2, 0.25) is 0 Å².